The van der Waals surface area contributed by atoms with Crippen LogP contribution < -0.4 is 11.1 Å². The monoisotopic (exact) mass is 268 g/mol. The lowest BCUT2D eigenvalue weighted by Gasteiger charge is -2.29. The summed E-state index contributed by atoms with van der Waals surface area (Å²) in [5.41, 5.74) is 5.54. The molecule has 19 heavy (non-hydrogen) atoms. The molecule has 112 valence electrons. The van der Waals surface area contributed by atoms with Crippen LogP contribution in [0.2, 0.25) is 0 Å². The average Bonchev–Trinajstić information content (AvgIpc) is 2.82. The van der Waals surface area contributed by atoms with Gasteiger partial charge < -0.3 is 11.1 Å². The van der Waals surface area contributed by atoms with E-state index in [1.807, 2.05) is 0 Å². The van der Waals surface area contributed by atoms with Crippen molar-refractivity contribution in [1.29, 1.82) is 0 Å². The van der Waals surface area contributed by atoms with Gasteiger partial charge in [0.15, 0.2) is 0 Å². The predicted octanol–water partition coefficient (Wildman–Crippen LogP) is 3.08. The molecule has 0 radical (unpaired) electrons. The van der Waals surface area contributed by atoms with Gasteiger partial charge in [-0.15, -0.1) is 0 Å². The van der Waals surface area contributed by atoms with Crippen LogP contribution in [0.4, 0.5) is 0 Å². The standard InChI is InChI=1S/C16H32N2O/c1-13(2)11-16(8-4-5-9-16)15(19)18-10-6-7-14(3)12-17/h13-14H,4-12,17H2,1-3H3,(H,18,19). The Balaban J connectivity index is 2.37. The summed E-state index contributed by atoms with van der Waals surface area (Å²) in [5.74, 6) is 1.47. The Morgan fingerprint density at radius 3 is 2.42 bits per heavy atom. The minimum absolute atomic E-state index is 0.0619. The highest BCUT2D eigenvalue weighted by Crippen LogP contribution is 2.43. The lowest BCUT2D eigenvalue weighted by atomic mass is 9.77. The number of hydrogen-bond donors (Lipinski definition) is 2. The maximum absolute atomic E-state index is 12.5. The van der Waals surface area contributed by atoms with Gasteiger partial charge in [-0.25, -0.2) is 0 Å². The molecule has 0 aromatic carbocycles. The summed E-state index contributed by atoms with van der Waals surface area (Å²) in [5, 5.41) is 3.17. The van der Waals surface area contributed by atoms with Crippen LogP contribution in [-0.4, -0.2) is 19.0 Å². The molecule has 0 spiro atoms. The Bertz CT molecular complexity index is 270. The lowest BCUT2D eigenvalue weighted by Crippen LogP contribution is -2.40. The number of carbonyl (C=O) groups is 1. The lowest BCUT2D eigenvalue weighted by molar-refractivity contribution is -0.131. The molecule has 3 nitrogen and oxygen atoms in total. The van der Waals surface area contributed by atoms with Crippen molar-refractivity contribution in [3.63, 3.8) is 0 Å². The van der Waals surface area contributed by atoms with E-state index < -0.39 is 0 Å². The number of amides is 1. The highest BCUT2D eigenvalue weighted by molar-refractivity contribution is 5.82. The first-order valence-corrected chi connectivity index (χ1v) is 7.98. The zero-order chi connectivity index (χ0) is 14.3. The fourth-order valence-electron chi connectivity index (χ4n) is 3.31. The molecule has 3 heteroatoms. The van der Waals surface area contributed by atoms with Gasteiger partial charge in [0.05, 0.1) is 0 Å². The van der Waals surface area contributed by atoms with Crippen molar-refractivity contribution in [3.05, 3.63) is 0 Å². The Morgan fingerprint density at radius 2 is 1.89 bits per heavy atom. The molecule has 1 amide bonds. The van der Waals surface area contributed by atoms with E-state index in [0.29, 0.717) is 17.7 Å². The van der Waals surface area contributed by atoms with Gasteiger partial charge >= 0.3 is 0 Å². The van der Waals surface area contributed by atoms with Gasteiger partial charge in [0.1, 0.15) is 0 Å². The minimum Gasteiger partial charge on any atom is -0.356 e. The van der Waals surface area contributed by atoms with Crippen molar-refractivity contribution in [2.75, 3.05) is 13.1 Å². The molecular weight excluding hydrogens is 236 g/mol. The normalized spacial score (nSPS) is 19.6. The molecule has 1 unspecified atom stereocenters. The van der Waals surface area contributed by atoms with Crippen LogP contribution in [0, 0.1) is 17.3 Å². The molecule has 0 aromatic rings. The molecule has 1 aliphatic carbocycles. The maximum Gasteiger partial charge on any atom is 0.226 e. The number of hydrogen-bond acceptors (Lipinski definition) is 2. The number of nitrogens with one attached hydrogen (secondary N) is 1. The van der Waals surface area contributed by atoms with Gasteiger partial charge in [-0.1, -0.05) is 33.6 Å². The molecule has 0 aliphatic heterocycles. The van der Waals surface area contributed by atoms with Crippen molar-refractivity contribution in [1.82, 2.24) is 5.32 Å². The fraction of sp³-hybridized carbons (Fsp3) is 0.938. The van der Waals surface area contributed by atoms with Gasteiger partial charge in [0.2, 0.25) is 5.91 Å². The molecule has 3 N–H and O–H groups in total. The van der Waals surface area contributed by atoms with E-state index in [1.165, 1.54) is 12.8 Å². The zero-order valence-corrected chi connectivity index (χ0v) is 13.0. The summed E-state index contributed by atoms with van der Waals surface area (Å²) in [6, 6.07) is 0. The van der Waals surface area contributed by atoms with E-state index in [1.54, 1.807) is 0 Å². The third-order valence-electron chi connectivity index (χ3n) is 4.40. The Hall–Kier alpha value is -0.570. The average molecular weight is 268 g/mol. The fourth-order valence-corrected chi connectivity index (χ4v) is 3.31. The van der Waals surface area contributed by atoms with Gasteiger partial charge in [-0.2, -0.15) is 0 Å². The molecule has 0 saturated heterocycles. The van der Waals surface area contributed by atoms with Crippen molar-refractivity contribution in [2.45, 2.75) is 65.7 Å². The van der Waals surface area contributed by atoms with E-state index in [0.717, 1.165) is 45.2 Å². The van der Waals surface area contributed by atoms with Gasteiger partial charge in [0, 0.05) is 12.0 Å². The van der Waals surface area contributed by atoms with E-state index in [2.05, 4.69) is 26.1 Å². The van der Waals surface area contributed by atoms with Gasteiger partial charge in [-0.05, 0) is 50.5 Å². The zero-order valence-electron chi connectivity index (χ0n) is 13.0. The summed E-state index contributed by atoms with van der Waals surface area (Å²) >= 11 is 0. The van der Waals surface area contributed by atoms with Crippen molar-refractivity contribution >= 4 is 5.91 Å². The first-order valence-electron chi connectivity index (χ1n) is 7.98. The van der Waals surface area contributed by atoms with Crippen LogP contribution in [0.5, 0.6) is 0 Å². The topological polar surface area (TPSA) is 55.1 Å². The SMILES string of the molecule is CC(C)CC1(C(=O)NCCCC(C)CN)CCCC1. The minimum atomic E-state index is -0.0619. The highest BCUT2D eigenvalue weighted by Gasteiger charge is 2.40. The number of rotatable bonds is 8. The van der Waals surface area contributed by atoms with E-state index >= 15 is 0 Å². The molecule has 1 fully saturated rings. The van der Waals surface area contributed by atoms with E-state index in [4.69, 9.17) is 5.73 Å². The van der Waals surface area contributed by atoms with Crippen molar-refractivity contribution < 1.29 is 4.79 Å². The van der Waals surface area contributed by atoms with Crippen LogP contribution in [-0.2, 0) is 4.79 Å². The molecule has 0 heterocycles. The number of nitrogens with two attached hydrogens (primary N) is 1. The van der Waals surface area contributed by atoms with E-state index in [-0.39, 0.29) is 5.41 Å². The van der Waals surface area contributed by atoms with Crippen molar-refractivity contribution in [2.24, 2.45) is 23.0 Å². The molecule has 1 saturated carbocycles. The summed E-state index contributed by atoms with van der Waals surface area (Å²) in [6.07, 6.45) is 7.77. The second-order valence-corrected chi connectivity index (χ2v) is 6.82. The molecule has 0 bridgehead atoms. The molecule has 1 atom stereocenters. The van der Waals surface area contributed by atoms with Crippen molar-refractivity contribution in [3.8, 4) is 0 Å². The van der Waals surface area contributed by atoms with E-state index in [9.17, 15) is 4.79 Å². The predicted molar refractivity (Wildman–Crippen MR) is 80.8 cm³/mol. The second kappa shape index (κ2) is 7.88. The third-order valence-corrected chi connectivity index (χ3v) is 4.40. The summed E-state index contributed by atoms with van der Waals surface area (Å²) in [4.78, 5) is 12.5. The summed E-state index contributed by atoms with van der Waals surface area (Å²) in [6.45, 7) is 8.15. The van der Waals surface area contributed by atoms with Crippen LogP contribution in [0.3, 0.4) is 0 Å². The van der Waals surface area contributed by atoms with Gasteiger partial charge in [-0.3, -0.25) is 4.79 Å². The summed E-state index contributed by atoms with van der Waals surface area (Å²) in [7, 11) is 0. The summed E-state index contributed by atoms with van der Waals surface area (Å²) < 4.78 is 0. The molecule has 1 aliphatic rings. The largest absolute Gasteiger partial charge is 0.356 e. The van der Waals surface area contributed by atoms with Gasteiger partial charge in [0.25, 0.3) is 0 Å². The highest BCUT2D eigenvalue weighted by atomic mass is 16.2. The number of carbonyl (C=O) groups excluding carboxylic acids is 1. The quantitative estimate of drug-likeness (QED) is 0.665. The molecule has 0 aromatic heterocycles. The molecular formula is C16H32N2O. The van der Waals surface area contributed by atoms with Crippen LogP contribution in [0.15, 0.2) is 0 Å². The first kappa shape index (κ1) is 16.5. The Morgan fingerprint density at radius 1 is 1.26 bits per heavy atom. The first-order chi connectivity index (χ1) is 9.00. The maximum atomic E-state index is 12.5. The molecule has 1 rings (SSSR count). The third kappa shape index (κ3) is 5.13. The smallest absolute Gasteiger partial charge is 0.226 e. The van der Waals surface area contributed by atoms with Crippen LogP contribution >= 0.6 is 0 Å². The second-order valence-electron chi connectivity index (χ2n) is 6.82. The Labute approximate surface area is 118 Å². The van der Waals surface area contributed by atoms with Crippen LogP contribution in [0.25, 0.3) is 0 Å². The van der Waals surface area contributed by atoms with Crippen LogP contribution in [0.1, 0.15) is 65.7 Å². The Kier molecular flexibility index (Phi) is 6.84.